The Bertz CT molecular complexity index is 744. The molecule has 24 heavy (non-hydrogen) atoms. The normalized spacial score (nSPS) is 10.4. The van der Waals surface area contributed by atoms with Crippen LogP contribution in [0.4, 0.5) is 11.8 Å². The zero-order chi connectivity index (χ0) is 16.6. The predicted molar refractivity (Wildman–Crippen MR) is 99.0 cm³/mol. The van der Waals surface area contributed by atoms with Crippen LogP contribution in [0.5, 0.6) is 0 Å². The number of nitrogens with one attached hydrogen (secondary N) is 1. The Morgan fingerprint density at radius 3 is 2.21 bits per heavy atom. The third kappa shape index (κ3) is 4.32. The summed E-state index contributed by atoms with van der Waals surface area (Å²) in [5.41, 5.74) is 2.49. The lowest BCUT2D eigenvalue weighted by molar-refractivity contribution is 0.791. The lowest BCUT2D eigenvalue weighted by Crippen LogP contribution is -2.24. The summed E-state index contributed by atoms with van der Waals surface area (Å²) >= 11 is 0. The molecule has 0 fully saturated rings. The van der Waals surface area contributed by atoms with Crippen molar-refractivity contribution in [1.29, 1.82) is 0 Å². The molecule has 122 valence electrons. The molecule has 0 bridgehead atoms. The van der Waals surface area contributed by atoms with E-state index >= 15 is 0 Å². The second-order valence-electron chi connectivity index (χ2n) is 5.58. The van der Waals surface area contributed by atoms with E-state index in [1.54, 1.807) is 0 Å². The lowest BCUT2D eigenvalue weighted by Gasteiger charge is -2.21. The van der Waals surface area contributed by atoms with Gasteiger partial charge >= 0.3 is 0 Å². The van der Waals surface area contributed by atoms with Crippen molar-refractivity contribution in [3.05, 3.63) is 84.1 Å². The fourth-order valence-electron chi connectivity index (χ4n) is 2.52. The molecule has 3 rings (SSSR count). The van der Waals surface area contributed by atoms with Crippen LogP contribution in [-0.2, 0) is 13.1 Å². The van der Waals surface area contributed by atoms with Crippen LogP contribution in [0, 0.1) is 0 Å². The molecule has 0 amide bonds. The topological polar surface area (TPSA) is 41.1 Å². The van der Waals surface area contributed by atoms with Gasteiger partial charge in [0.25, 0.3) is 0 Å². The first-order chi connectivity index (χ1) is 11.8. The molecular formula is C20H22N4. The number of anilines is 2. The summed E-state index contributed by atoms with van der Waals surface area (Å²) in [6.45, 7) is 4.54. The van der Waals surface area contributed by atoms with Crippen molar-refractivity contribution in [2.45, 2.75) is 20.0 Å². The highest BCUT2D eigenvalue weighted by Crippen LogP contribution is 2.15. The van der Waals surface area contributed by atoms with Gasteiger partial charge in [-0.2, -0.15) is 4.98 Å². The summed E-state index contributed by atoms with van der Waals surface area (Å²) in [4.78, 5) is 11.3. The molecule has 1 aromatic heterocycles. The lowest BCUT2D eigenvalue weighted by atomic mass is 10.2. The van der Waals surface area contributed by atoms with E-state index in [1.165, 1.54) is 11.1 Å². The monoisotopic (exact) mass is 318 g/mol. The van der Waals surface area contributed by atoms with E-state index in [1.807, 2.05) is 36.5 Å². The van der Waals surface area contributed by atoms with Crippen LogP contribution >= 0.6 is 0 Å². The maximum absolute atomic E-state index is 4.66. The van der Waals surface area contributed by atoms with Gasteiger partial charge in [0.05, 0.1) is 0 Å². The number of rotatable bonds is 7. The van der Waals surface area contributed by atoms with E-state index in [-0.39, 0.29) is 0 Å². The fourth-order valence-corrected chi connectivity index (χ4v) is 2.52. The molecule has 4 heteroatoms. The molecule has 0 saturated carbocycles. The third-order valence-electron chi connectivity index (χ3n) is 3.84. The third-order valence-corrected chi connectivity index (χ3v) is 3.84. The van der Waals surface area contributed by atoms with E-state index in [0.29, 0.717) is 0 Å². The number of benzene rings is 2. The number of aromatic nitrogens is 2. The molecule has 0 saturated heterocycles. The van der Waals surface area contributed by atoms with Crippen molar-refractivity contribution in [2.24, 2.45) is 0 Å². The molecule has 1 N–H and O–H groups in total. The molecule has 0 atom stereocenters. The summed E-state index contributed by atoms with van der Waals surface area (Å²) in [7, 11) is 0. The molecule has 0 unspecified atom stereocenters. The minimum atomic E-state index is 0.749. The quantitative estimate of drug-likeness (QED) is 0.711. The van der Waals surface area contributed by atoms with Crippen molar-refractivity contribution >= 4 is 11.8 Å². The fraction of sp³-hybridized carbons (Fsp3) is 0.200. The van der Waals surface area contributed by atoms with Crippen LogP contribution in [0.3, 0.4) is 0 Å². The summed E-state index contributed by atoms with van der Waals surface area (Å²) in [5.74, 6) is 1.59. The first kappa shape index (κ1) is 16.0. The number of hydrogen-bond donors (Lipinski definition) is 1. The molecule has 4 nitrogen and oxygen atoms in total. The van der Waals surface area contributed by atoms with E-state index in [9.17, 15) is 0 Å². The van der Waals surface area contributed by atoms with Crippen molar-refractivity contribution < 1.29 is 0 Å². The highest BCUT2D eigenvalue weighted by atomic mass is 15.3. The first-order valence-corrected chi connectivity index (χ1v) is 8.25. The minimum Gasteiger partial charge on any atom is -0.366 e. The molecule has 0 radical (unpaired) electrons. The van der Waals surface area contributed by atoms with Crippen LogP contribution in [0.2, 0.25) is 0 Å². The van der Waals surface area contributed by atoms with Crippen molar-refractivity contribution in [3.63, 3.8) is 0 Å². The van der Waals surface area contributed by atoms with Crippen LogP contribution in [0.25, 0.3) is 0 Å². The van der Waals surface area contributed by atoms with Gasteiger partial charge in [0.2, 0.25) is 5.95 Å². The Morgan fingerprint density at radius 2 is 1.54 bits per heavy atom. The molecule has 0 aliphatic carbocycles. The van der Waals surface area contributed by atoms with Gasteiger partial charge in [0, 0.05) is 25.8 Å². The average molecular weight is 318 g/mol. The summed E-state index contributed by atoms with van der Waals surface area (Å²) in [6, 6.07) is 22.6. The molecule has 2 aromatic carbocycles. The van der Waals surface area contributed by atoms with Gasteiger partial charge in [0.15, 0.2) is 0 Å². The second-order valence-corrected chi connectivity index (χ2v) is 5.58. The van der Waals surface area contributed by atoms with Crippen LogP contribution in [0.1, 0.15) is 18.1 Å². The highest BCUT2D eigenvalue weighted by molar-refractivity contribution is 5.42. The second kappa shape index (κ2) is 8.11. The zero-order valence-corrected chi connectivity index (χ0v) is 13.9. The van der Waals surface area contributed by atoms with Gasteiger partial charge in [-0.15, -0.1) is 0 Å². The summed E-state index contributed by atoms with van der Waals surface area (Å²) in [5, 5.41) is 3.37. The Morgan fingerprint density at radius 1 is 0.875 bits per heavy atom. The van der Waals surface area contributed by atoms with Crippen LogP contribution < -0.4 is 10.2 Å². The zero-order valence-electron chi connectivity index (χ0n) is 13.9. The van der Waals surface area contributed by atoms with Gasteiger partial charge in [-0.3, -0.25) is 0 Å². The smallest absolute Gasteiger partial charge is 0.227 e. The maximum atomic E-state index is 4.66. The summed E-state index contributed by atoms with van der Waals surface area (Å²) in [6.07, 6.45) is 1.81. The molecule has 0 aliphatic heterocycles. The van der Waals surface area contributed by atoms with E-state index in [4.69, 9.17) is 0 Å². The predicted octanol–water partition coefficient (Wildman–Crippen LogP) is 4.12. The molecule has 1 heterocycles. The standard InChI is InChI=1S/C20H22N4/c1-2-24(16-18-11-7-4-8-12-18)20-21-14-13-19(23-20)22-15-17-9-5-3-6-10-17/h3-14H,2,15-16H2,1H3,(H,21,22,23). The Balaban J connectivity index is 1.69. The Labute approximate surface area is 143 Å². The number of hydrogen-bond acceptors (Lipinski definition) is 4. The first-order valence-electron chi connectivity index (χ1n) is 8.25. The molecule has 3 aromatic rings. The van der Waals surface area contributed by atoms with Gasteiger partial charge in [-0.05, 0) is 24.1 Å². The van der Waals surface area contributed by atoms with Crippen molar-refractivity contribution in [3.8, 4) is 0 Å². The van der Waals surface area contributed by atoms with Crippen molar-refractivity contribution in [2.75, 3.05) is 16.8 Å². The maximum Gasteiger partial charge on any atom is 0.227 e. The van der Waals surface area contributed by atoms with Gasteiger partial charge in [-0.25, -0.2) is 4.98 Å². The van der Waals surface area contributed by atoms with Gasteiger partial charge in [-0.1, -0.05) is 60.7 Å². The van der Waals surface area contributed by atoms with E-state index < -0.39 is 0 Å². The van der Waals surface area contributed by atoms with Gasteiger partial charge in [0.1, 0.15) is 5.82 Å². The molecular weight excluding hydrogens is 296 g/mol. The molecule has 0 spiro atoms. The average Bonchev–Trinajstić information content (AvgIpc) is 2.66. The largest absolute Gasteiger partial charge is 0.366 e. The Kier molecular flexibility index (Phi) is 5.40. The van der Waals surface area contributed by atoms with E-state index in [2.05, 4.69) is 63.5 Å². The van der Waals surface area contributed by atoms with Gasteiger partial charge < -0.3 is 10.2 Å². The Hall–Kier alpha value is -2.88. The SMILES string of the molecule is CCN(Cc1ccccc1)c1nccc(NCc2ccccc2)n1. The number of nitrogens with zero attached hydrogens (tertiary/aromatic N) is 3. The van der Waals surface area contributed by atoms with Crippen LogP contribution in [0.15, 0.2) is 72.9 Å². The molecule has 0 aliphatic rings. The highest BCUT2D eigenvalue weighted by Gasteiger charge is 2.09. The minimum absolute atomic E-state index is 0.749. The van der Waals surface area contributed by atoms with Crippen molar-refractivity contribution in [1.82, 2.24) is 9.97 Å². The van der Waals surface area contributed by atoms with E-state index in [0.717, 1.165) is 31.4 Å². The summed E-state index contributed by atoms with van der Waals surface area (Å²) < 4.78 is 0. The van der Waals surface area contributed by atoms with Crippen LogP contribution in [-0.4, -0.2) is 16.5 Å².